The number of amides is 1. The zero-order valence-corrected chi connectivity index (χ0v) is 17.8. The summed E-state index contributed by atoms with van der Waals surface area (Å²) in [5.41, 5.74) is 0.0247. The zero-order valence-electron chi connectivity index (χ0n) is 17.8. The predicted molar refractivity (Wildman–Crippen MR) is 119 cm³/mol. The van der Waals surface area contributed by atoms with E-state index in [1.165, 1.54) is 36.4 Å². The highest BCUT2D eigenvalue weighted by atomic mass is 16.6. The Labute approximate surface area is 184 Å². The van der Waals surface area contributed by atoms with E-state index in [1.54, 1.807) is 57.2 Å². The summed E-state index contributed by atoms with van der Waals surface area (Å²) in [4.78, 5) is 35.7. The van der Waals surface area contributed by atoms with E-state index in [0.717, 1.165) is 0 Å². The summed E-state index contributed by atoms with van der Waals surface area (Å²) in [6.45, 7) is 5.25. The molecule has 1 N–H and O–H groups in total. The molecule has 0 aromatic heterocycles. The maximum atomic E-state index is 12.7. The number of benzene rings is 3. The number of hydrogen-bond donors (Lipinski definition) is 1. The molecule has 0 bridgehead atoms. The molecule has 1 amide bonds. The van der Waals surface area contributed by atoms with Crippen LogP contribution >= 0.6 is 0 Å². The van der Waals surface area contributed by atoms with Gasteiger partial charge in [-0.2, -0.15) is 0 Å². The maximum absolute atomic E-state index is 12.7. The first-order valence-corrected chi connectivity index (χ1v) is 9.78. The summed E-state index contributed by atoms with van der Waals surface area (Å²) >= 11 is 0. The number of nitrogens with one attached hydrogen (secondary N) is 1. The number of hydrogen-bond acceptors (Lipinski definition) is 6. The van der Waals surface area contributed by atoms with E-state index in [2.05, 4.69) is 5.32 Å². The number of ether oxygens (including phenoxy) is 2. The van der Waals surface area contributed by atoms with E-state index in [9.17, 15) is 19.7 Å². The van der Waals surface area contributed by atoms with E-state index in [4.69, 9.17) is 9.47 Å². The third-order valence-corrected chi connectivity index (χ3v) is 4.18. The lowest BCUT2D eigenvalue weighted by molar-refractivity contribution is -0.384. The van der Waals surface area contributed by atoms with Gasteiger partial charge in [0, 0.05) is 23.8 Å². The molecule has 32 heavy (non-hydrogen) atoms. The SMILES string of the molecule is CC(C)(C)OC(=O)c1ccc(Oc2ccc([N+](=O)[O-])cc2)cc1NC(=O)c1ccccc1. The normalized spacial score (nSPS) is 10.8. The first-order valence-electron chi connectivity index (χ1n) is 9.78. The van der Waals surface area contributed by atoms with E-state index in [1.807, 2.05) is 0 Å². The monoisotopic (exact) mass is 434 g/mol. The van der Waals surface area contributed by atoms with Gasteiger partial charge in [-0.25, -0.2) is 4.79 Å². The Morgan fingerprint density at radius 2 is 1.53 bits per heavy atom. The Hall–Kier alpha value is -4.20. The molecular formula is C24H22N2O6. The standard InChI is InChI=1S/C24H22N2O6/c1-24(2,3)32-23(28)20-14-13-19(31-18-11-9-17(10-12-18)26(29)30)15-21(20)25-22(27)16-7-5-4-6-8-16/h4-15H,1-3H3,(H,25,27). The molecular weight excluding hydrogens is 412 g/mol. The molecule has 0 radical (unpaired) electrons. The lowest BCUT2D eigenvalue weighted by atomic mass is 10.1. The van der Waals surface area contributed by atoms with Crippen molar-refractivity contribution in [3.05, 3.63) is 94.0 Å². The molecule has 8 heteroatoms. The molecule has 0 saturated heterocycles. The Bertz CT molecular complexity index is 1140. The smallest absolute Gasteiger partial charge is 0.340 e. The van der Waals surface area contributed by atoms with Crippen molar-refractivity contribution < 1.29 is 24.0 Å². The van der Waals surface area contributed by atoms with Crippen LogP contribution in [0.15, 0.2) is 72.8 Å². The number of nitro benzene ring substituents is 1. The van der Waals surface area contributed by atoms with E-state index in [0.29, 0.717) is 17.1 Å². The Morgan fingerprint density at radius 3 is 2.12 bits per heavy atom. The summed E-state index contributed by atoms with van der Waals surface area (Å²) in [6.07, 6.45) is 0. The Morgan fingerprint density at radius 1 is 0.906 bits per heavy atom. The topological polar surface area (TPSA) is 108 Å². The molecule has 3 aromatic carbocycles. The second-order valence-electron chi connectivity index (χ2n) is 7.88. The van der Waals surface area contributed by atoms with Gasteiger partial charge < -0.3 is 14.8 Å². The number of esters is 1. The molecule has 3 aromatic rings. The number of carbonyl (C=O) groups is 2. The number of rotatable bonds is 6. The molecule has 0 atom stereocenters. The summed E-state index contributed by atoms with van der Waals surface area (Å²) in [5.74, 6) is -0.305. The fourth-order valence-corrected chi connectivity index (χ4v) is 2.76. The van der Waals surface area contributed by atoms with Crippen molar-refractivity contribution >= 4 is 23.3 Å². The van der Waals surface area contributed by atoms with Crippen molar-refractivity contribution in [1.82, 2.24) is 0 Å². The van der Waals surface area contributed by atoms with Crippen molar-refractivity contribution in [3.63, 3.8) is 0 Å². The third kappa shape index (κ3) is 5.91. The van der Waals surface area contributed by atoms with Crippen molar-refractivity contribution in [2.45, 2.75) is 26.4 Å². The van der Waals surface area contributed by atoms with Gasteiger partial charge in [0.05, 0.1) is 16.2 Å². The van der Waals surface area contributed by atoms with Crippen LogP contribution in [-0.2, 0) is 4.74 Å². The van der Waals surface area contributed by atoms with Crippen LogP contribution < -0.4 is 10.1 Å². The number of nitro groups is 1. The molecule has 0 aliphatic carbocycles. The molecule has 0 aliphatic heterocycles. The second kappa shape index (κ2) is 9.30. The molecule has 0 saturated carbocycles. The van der Waals surface area contributed by atoms with Crippen LogP contribution in [0.2, 0.25) is 0 Å². The van der Waals surface area contributed by atoms with Gasteiger partial charge in [0.15, 0.2) is 0 Å². The highest BCUT2D eigenvalue weighted by Crippen LogP contribution is 2.29. The maximum Gasteiger partial charge on any atom is 0.340 e. The van der Waals surface area contributed by atoms with Crippen LogP contribution in [0.4, 0.5) is 11.4 Å². The number of carbonyl (C=O) groups excluding carboxylic acids is 2. The molecule has 0 heterocycles. The summed E-state index contributed by atoms with van der Waals surface area (Å²) in [5, 5.41) is 13.6. The molecule has 164 valence electrons. The van der Waals surface area contributed by atoms with Crippen LogP contribution in [0.3, 0.4) is 0 Å². The van der Waals surface area contributed by atoms with Crippen LogP contribution in [0.5, 0.6) is 11.5 Å². The summed E-state index contributed by atoms with van der Waals surface area (Å²) in [7, 11) is 0. The first-order chi connectivity index (χ1) is 15.1. The lowest BCUT2D eigenvalue weighted by Crippen LogP contribution is -2.25. The zero-order chi connectivity index (χ0) is 23.3. The van der Waals surface area contributed by atoms with Crippen molar-refractivity contribution in [3.8, 4) is 11.5 Å². The van der Waals surface area contributed by atoms with Gasteiger partial charge in [-0.05, 0) is 57.2 Å². The fraction of sp³-hybridized carbons (Fsp3) is 0.167. The fourth-order valence-electron chi connectivity index (χ4n) is 2.76. The molecule has 0 unspecified atom stereocenters. The molecule has 0 aliphatic rings. The van der Waals surface area contributed by atoms with Gasteiger partial charge in [0.2, 0.25) is 0 Å². The summed E-state index contributed by atoms with van der Waals surface area (Å²) < 4.78 is 11.2. The van der Waals surface area contributed by atoms with Crippen molar-refractivity contribution in [2.75, 3.05) is 5.32 Å². The minimum atomic E-state index is -0.717. The largest absolute Gasteiger partial charge is 0.457 e. The van der Waals surface area contributed by atoms with Gasteiger partial charge >= 0.3 is 5.97 Å². The summed E-state index contributed by atoms with van der Waals surface area (Å²) in [6, 6.07) is 18.7. The van der Waals surface area contributed by atoms with Crippen LogP contribution in [0, 0.1) is 10.1 Å². The average molecular weight is 434 g/mol. The minimum absolute atomic E-state index is 0.0616. The Kier molecular flexibility index (Phi) is 6.53. The second-order valence-corrected chi connectivity index (χ2v) is 7.88. The molecule has 0 spiro atoms. The van der Waals surface area contributed by atoms with Crippen LogP contribution in [-0.4, -0.2) is 22.4 Å². The van der Waals surface area contributed by atoms with Gasteiger partial charge in [-0.15, -0.1) is 0 Å². The highest BCUT2D eigenvalue weighted by molar-refractivity contribution is 6.08. The van der Waals surface area contributed by atoms with Crippen LogP contribution in [0.25, 0.3) is 0 Å². The van der Waals surface area contributed by atoms with Gasteiger partial charge in [-0.3, -0.25) is 14.9 Å². The average Bonchev–Trinajstić information content (AvgIpc) is 2.73. The first kappa shape index (κ1) is 22.5. The molecule has 0 fully saturated rings. The van der Waals surface area contributed by atoms with Gasteiger partial charge in [0.1, 0.15) is 17.1 Å². The van der Waals surface area contributed by atoms with E-state index >= 15 is 0 Å². The molecule has 8 nitrogen and oxygen atoms in total. The molecule has 3 rings (SSSR count). The number of nitrogens with zero attached hydrogens (tertiary/aromatic N) is 1. The van der Waals surface area contributed by atoms with E-state index in [-0.39, 0.29) is 16.9 Å². The Balaban J connectivity index is 1.91. The van der Waals surface area contributed by atoms with Crippen molar-refractivity contribution in [1.29, 1.82) is 0 Å². The number of anilines is 1. The third-order valence-electron chi connectivity index (χ3n) is 4.18. The quantitative estimate of drug-likeness (QED) is 0.308. The minimum Gasteiger partial charge on any atom is -0.457 e. The predicted octanol–water partition coefficient (Wildman–Crippen LogP) is 5.59. The van der Waals surface area contributed by atoms with Gasteiger partial charge in [-0.1, -0.05) is 18.2 Å². The van der Waals surface area contributed by atoms with Crippen LogP contribution in [0.1, 0.15) is 41.5 Å². The number of non-ortho nitro benzene ring substituents is 1. The highest BCUT2D eigenvalue weighted by Gasteiger charge is 2.22. The van der Waals surface area contributed by atoms with E-state index < -0.39 is 22.4 Å². The lowest BCUT2D eigenvalue weighted by Gasteiger charge is -2.21. The van der Waals surface area contributed by atoms with Crippen molar-refractivity contribution in [2.24, 2.45) is 0 Å². The van der Waals surface area contributed by atoms with Gasteiger partial charge in [0.25, 0.3) is 11.6 Å².